The van der Waals surface area contributed by atoms with Crippen molar-refractivity contribution >= 4 is 0 Å². The average molecular weight is 257 g/mol. The lowest BCUT2D eigenvalue weighted by molar-refractivity contribution is 0.288. The van der Waals surface area contributed by atoms with Crippen molar-refractivity contribution in [2.45, 2.75) is 18.9 Å². The van der Waals surface area contributed by atoms with E-state index in [9.17, 15) is 4.39 Å². The minimum absolute atomic E-state index is 0.255. The molecule has 0 fully saturated rings. The quantitative estimate of drug-likeness (QED) is 0.896. The fourth-order valence-electron chi connectivity index (χ4n) is 2.47. The molecule has 1 aliphatic rings. The number of fused-ring (bicyclic) bond motifs is 1. The minimum atomic E-state index is -0.303. The fraction of sp³-hybridized carbons (Fsp3) is 0.250. The van der Waals surface area contributed by atoms with Gasteiger partial charge < -0.3 is 10.5 Å². The van der Waals surface area contributed by atoms with Gasteiger partial charge in [-0.2, -0.15) is 0 Å². The summed E-state index contributed by atoms with van der Waals surface area (Å²) in [5.74, 6) is 0.690. The average Bonchev–Trinajstić information content (AvgIpc) is 2.46. The Hall–Kier alpha value is -1.87. The summed E-state index contributed by atoms with van der Waals surface area (Å²) in [6, 6.07) is 12.1. The Morgan fingerprint density at radius 2 is 1.95 bits per heavy atom. The summed E-state index contributed by atoms with van der Waals surface area (Å²) < 4.78 is 18.8. The van der Waals surface area contributed by atoms with Gasteiger partial charge in [-0.15, -0.1) is 0 Å². The third kappa shape index (κ3) is 2.47. The normalized spacial score (nSPS) is 15.5. The van der Waals surface area contributed by atoms with E-state index in [1.165, 1.54) is 17.7 Å². The van der Waals surface area contributed by atoms with Gasteiger partial charge in [0, 0.05) is 0 Å². The molecule has 0 spiro atoms. The smallest absolute Gasteiger partial charge is 0.123 e. The number of halogens is 1. The predicted octanol–water partition coefficient (Wildman–Crippen LogP) is 3.20. The first-order chi connectivity index (χ1) is 9.24. The highest BCUT2D eigenvalue weighted by molar-refractivity contribution is 5.42. The third-order valence-electron chi connectivity index (χ3n) is 3.50. The second kappa shape index (κ2) is 5.02. The van der Waals surface area contributed by atoms with E-state index >= 15 is 0 Å². The summed E-state index contributed by atoms with van der Waals surface area (Å²) in [5.41, 5.74) is 9.19. The number of ether oxygens (including phenoxy) is 1. The van der Waals surface area contributed by atoms with Crippen molar-refractivity contribution in [2.24, 2.45) is 5.73 Å². The summed E-state index contributed by atoms with van der Waals surface area (Å²) in [7, 11) is 0. The van der Waals surface area contributed by atoms with E-state index in [2.05, 4.69) is 6.07 Å². The lowest BCUT2D eigenvalue weighted by atomic mass is 9.95. The molecule has 0 saturated heterocycles. The van der Waals surface area contributed by atoms with Crippen molar-refractivity contribution in [1.82, 2.24) is 0 Å². The summed E-state index contributed by atoms with van der Waals surface area (Å²) >= 11 is 0. The zero-order chi connectivity index (χ0) is 13.2. The molecular formula is C16H16FNO. The summed E-state index contributed by atoms with van der Waals surface area (Å²) in [6.07, 6.45) is 2.05. The van der Waals surface area contributed by atoms with Gasteiger partial charge in [0.15, 0.2) is 0 Å². The summed E-state index contributed by atoms with van der Waals surface area (Å²) in [5, 5.41) is 0. The van der Waals surface area contributed by atoms with Crippen molar-refractivity contribution in [3.05, 3.63) is 65.0 Å². The molecule has 2 nitrogen and oxygen atoms in total. The first-order valence-electron chi connectivity index (χ1n) is 6.51. The Morgan fingerprint density at radius 1 is 1.11 bits per heavy atom. The molecule has 1 atom stereocenters. The van der Waals surface area contributed by atoms with E-state index in [0.717, 1.165) is 36.3 Å². The molecule has 1 unspecified atom stereocenters. The molecule has 2 aromatic rings. The number of hydrogen-bond donors (Lipinski definition) is 1. The van der Waals surface area contributed by atoms with E-state index in [0.29, 0.717) is 0 Å². The number of aryl methyl sites for hydroxylation is 1. The van der Waals surface area contributed by atoms with Crippen LogP contribution in [0.2, 0.25) is 0 Å². The minimum Gasteiger partial charge on any atom is -0.493 e. The van der Waals surface area contributed by atoms with Crippen LogP contribution in [0.3, 0.4) is 0 Å². The van der Waals surface area contributed by atoms with Crippen LogP contribution in [0.1, 0.15) is 29.2 Å². The maximum atomic E-state index is 13.2. The van der Waals surface area contributed by atoms with Crippen molar-refractivity contribution in [3.63, 3.8) is 0 Å². The number of hydrogen-bond acceptors (Lipinski definition) is 2. The third-order valence-corrected chi connectivity index (χ3v) is 3.50. The molecule has 0 radical (unpaired) electrons. The Morgan fingerprint density at radius 3 is 2.79 bits per heavy atom. The van der Waals surface area contributed by atoms with Gasteiger partial charge in [-0.05, 0) is 47.7 Å². The molecule has 98 valence electrons. The molecule has 3 heteroatoms. The summed E-state index contributed by atoms with van der Waals surface area (Å²) in [4.78, 5) is 0. The molecule has 1 heterocycles. The molecule has 0 aliphatic carbocycles. The van der Waals surface area contributed by atoms with Crippen molar-refractivity contribution in [3.8, 4) is 5.75 Å². The molecule has 2 N–H and O–H groups in total. The Balaban J connectivity index is 1.93. The standard InChI is InChI=1S/C16H16FNO/c17-14-5-1-3-12(10-14)16(18)13-6-7-15-11(9-13)4-2-8-19-15/h1,3,5-7,9-10,16H,2,4,8,18H2. The van der Waals surface area contributed by atoms with Crippen LogP contribution in [0.5, 0.6) is 5.75 Å². The van der Waals surface area contributed by atoms with Gasteiger partial charge in [0.05, 0.1) is 12.6 Å². The molecule has 0 aromatic heterocycles. The molecule has 19 heavy (non-hydrogen) atoms. The van der Waals surface area contributed by atoms with Gasteiger partial charge in [0.2, 0.25) is 0 Å². The van der Waals surface area contributed by atoms with Crippen molar-refractivity contribution in [2.75, 3.05) is 6.61 Å². The van der Waals surface area contributed by atoms with E-state index in [1.807, 2.05) is 18.2 Å². The topological polar surface area (TPSA) is 35.2 Å². The Bertz CT molecular complexity index is 597. The molecule has 2 aromatic carbocycles. The first-order valence-corrected chi connectivity index (χ1v) is 6.51. The lowest BCUT2D eigenvalue weighted by Gasteiger charge is -2.20. The molecule has 0 saturated carbocycles. The van der Waals surface area contributed by atoms with Gasteiger partial charge in [-0.3, -0.25) is 0 Å². The van der Waals surface area contributed by atoms with Crippen LogP contribution in [0.15, 0.2) is 42.5 Å². The van der Waals surface area contributed by atoms with Crippen LogP contribution in [0, 0.1) is 5.82 Å². The van der Waals surface area contributed by atoms with E-state index in [1.54, 1.807) is 6.07 Å². The van der Waals surface area contributed by atoms with Gasteiger partial charge in [0.25, 0.3) is 0 Å². The molecule has 0 amide bonds. The highest BCUT2D eigenvalue weighted by Gasteiger charge is 2.15. The second-order valence-corrected chi connectivity index (χ2v) is 4.85. The van der Waals surface area contributed by atoms with Gasteiger partial charge >= 0.3 is 0 Å². The number of rotatable bonds is 2. The maximum absolute atomic E-state index is 13.2. The van der Waals surface area contributed by atoms with Crippen LogP contribution in [-0.2, 0) is 6.42 Å². The van der Waals surface area contributed by atoms with Gasteiger partial charge in [0.1, 0.15) is 11.6 Å². The molecule has 3 rings (SSSR count). The summed E-state index contributed by atoms with van der Waals surface area (Å²) in [6.45, 7) is 0.780. The zero-order valence-corrected chi connectivity index (χ0v) is 10.6. The van der Waals surface area contributed by atoms with Gasteiger partial charge in [-0.25, -0.2) is 4.39 Å². The predicted molar refractivity (Wildman–Crippen MR) is 72.7 cm³/mol. The molecule has 0 bridgehead atoms. The lowest BCUT2D eigenvalue weighted by Crippen LogP contribution is -2.14. The largest absolute Gasteiger partial charge is 0.493 e. The van der Waals surface area contributed by atoms with E-state index < -0.39 is 0 Å². The van der Waals surface area contributed by atoms with Crippen molar-refractivity contribution < 1.29 is 9.13 Å². The maximum Gasteiger partial charge on any atom is 0.123 e. The molecular weight excluding hydrogens is 241 g/mol. The Kier molecular flexibility index (Phi) is 3.22. The van der Waals surface area contributed by atoms with Crippen LogP contribution >= 0.6 is 0 Å². The first kappa shape index (κ1) is 12.2. The van der Waals surface area contributed by atoms with Crippen LogP contribution < -0.4 is 10.5 Å². The molecule has 1 aliphatic heterocycles. The fourth-order valence-corrected chi connectivity index (χ4v) is 2.47. The zero-order valence-electron chi connectivity index (χ0n) is 10.6. The van der Waals surface area contributed by atoms with Gasteiger partial charge in [-0.1, -0.05) is 24.3 Å². The highest BCUT2D eigenvalue weighted by atomic mass is 19.1. The number of benzene rings is 2. The van der Waals surface area contributed by atoms with Crippen LogP contribution in [-0.4, -0.2) is 6.61 Å². The SMILES string of the molecule is NC(c1cccc(F)c1)c1ccc2c(c1)CCCO2. The number of nitrogens with two attached hydrogens (primary N) is 1. The second-order valence-electron chi connectivity index (χ2n) is 4.85. The highest BCUT2D eigenvalue weighted by Crippen LogP contribution is 2.29. The van der Waals surface area contributed by atoms with E-state index in [4.69, 9.17) is 10.5 Å². The van der Waals surface area contributed by atoms with Crippen LogP contribution in [0.25, 0.3) is 0 Å². The van der Waals surface area contributed by atoms with Crippen LogP contribution in [0.4, 0.5) is 4.39 Å². The van der Waals surface area contributed by atoms with Crippen molar-refractivity contribution in [1.29, 1.82) is 0 Å². The van der Waals surface area contributed by atoms with E-state index in [-0.39, 0.29) is 11.9 Å². The monoisotopic (exact) mass is 257 g/mol. The Labute approximate surface area is 112 Å².